The van der Waals surface area contributed by atoms with E-state index in [1.54, 1.807) is 0 Å². The van der Waals surface area contributed by atoms with Gasteiger partial charge in [-0.05, 0) is 25.0 Å². The molecule has 0 atom stereocenters. The molecule has 0 aliphatic carbocycles. The van der Waals surface area contributed by atoms with E-state index in [1.165, 1.54) is 5.56 Å². The average molecular weight is 149 g/mol. The molecule has 0 bridgehead atoms. The van der Waals surface area contributed by atoms with Crippen molar-refractivity contribution in [3.05, 3.63) is 39.8 Å². The number of hydrogen-bond acceptors (Lipinski definition) is 2. The number of rotatable bonds is 2. The van der Waals surface area contributed by atoms with Crippen molar-refractivity contribution in [3.8, 4) is 0 Å². The van der Waals surface area contributed by atoms with E-state index in [2.05, 4.69) is 5.18 Å². The van der Waals surface area contributed by atoms with Crippen molar-refractivity contribution in [3.63, 3.8) is 0 Å². The smallest absolute Gasteiger partial charge is 0.106 e. The average Bonchev–Trinajstić information content (AvgIpc) is 1.98. The topological polar surface area (TPSA) is 29.4 Å². The first-order valence-corrected chi connectivity index (χ1v) is 3.59. The molecule has 11 heavy (non-hydrogen) atoms. The summed E-state index contributed by atoms with van der Waals surface area (Å²) in [6, 6.07) is 6.04. The lowest BCUT2D eigenvalue weighted by atomic mass is 10.1. The predicted molar refractivity (Wildman–Crippen MR) is 45.4 cm³/mol. The van der Waals surface area contributed by atoms with E-state index in [0.717, 1.165) is 11.1 Å². The predicted octanol–water partition coefficient (Wildman–Crippen LogP) is 2.57. The van der Waals surface area contributed by atoms with Gasteiger partial charge in [0.25, 0.3) is 0 Å². The molecule has 1 aromatic carbocycles. The van der Waals surface area contributed by atoms with E-state index in [4.69, 9.17) is 0 Å². The Morgan fingerprint density at radius 3 is 2.73 bits per heavy atom. The SMILES string of the molecule is Cc1ccc(C)c(CN=O)c1. The number of aryl methyl sites for hydroxylation is 2. The molecule has 0 N–H and O–H groups in total. The van der Waals surface area contributed by atoms with Crippen molar-refractivity contribution >= 4 is 0 Å². The highest BCUT2D eigenvalue weighted by atomic mass is 16.3. The van der Waals surface area contributed by atoms with Gasteiger partial charge in [-0.1, -0.05) is 28.9 Å². The molecule has 2 nitrogen and oxygen atoms in total. The van der Waals surface area contributed by atoms with E-state index in [-0.39, 0.29) is 6.54 Å². The number of nitroso groups, excluding NO2 is 1. The molecule has 0 amide bonds. The zero-order valence-corrected chi connectivity index (χ0v) is 6.79. The van der Waals surface area contributed by atoms with Crippen LogP contribution in [-0.4, -0.2) is 0 Å². The van der Waals surface area contributed by atoms with Gasteiger partial charge in [-0.2, -0.15) is 4.91 Å². The maximum absolute atomic E-state index is 9.99. The summed E-state index contributed by atoms with van der Waals surface area (Å²) in [5.41, 5.74) is 3.34. The lowest BCUT2D eigenvalue weighted by molar-refractivity contribution is 1.03. The van der Waals surface area contributed by atoms with Crippen LogP contribution in [0.2, 0.25) is 0 Å². The van der Waals surface area contributed by atoms with Crippen LogP contribution in [0, 0.1) is 18.8 Å². The van der Waals surface area contributed by atoms with Gasteiger partial charge in [-0.3, -0.25) is 0 Å². The first-order valence-electron chi connectivity index (χ1n) is 3.59. The van der Waals surface area contributed by atoms with Gasteiger partial charge in [0.15, 0.2) is 0 Å². The van der Waals surface area contributed by atoms with Crippen LogP contribution in [0.5, 0.6) is 0 Å². The lowest BCUT2D eigenvalue weighted by Crippen LogP contribution is -1.87. The zero-order valence-electron chi connectivity index (χ0n) is 6.79. The molecule has 58 valence electrons. The molecule has 0 spiro atoms. The standard InChI is InChI=1S/C9H11NO/c1-7-3-4-8(2)9(5-7)6-10-11/h3-5H,6H2,1-2H3. The minimum atomic E-state index is 0.285. The second-order valence-corrected chi connectivity index (χ2v) is 2.72. The second-order valence-electron chi connectivity index (χ2n) is 2.72. The summed E-state index contributed by atoms with van der Waals surface area (Å²) in [4.78, 5) is 9.99. The molecule has 0 unspecified atom stereocenters. The van der Waals surface area contributed by atoms with Crippen molar-refractivity contribution in [1.82, 2.24) is 0 Å². The second kappa shape index (κ2) is 3.28. The van der Waals surface area contributed by atoms with E-state index in [1.807, 2.05) is 32.0 Å². The molecular weight excluding hydrogens is 138 g/mol. The molecule has 0 radical (unpaired) electrons. The van der Waals surface area contributed by atoms with Crippen molar-refractivity contribution in [2.24, 2.45) is 5.18 Å². The van der Waals surface area contributed by atoms with E-state index < -0.39 is 0 Å². The monoisotopic (exact) mass is 149 g/mol. The number of hydrogen-bond donors (Lipinski definition) is 0. The molecule has 1 aromatic rings. The first-order chi connectivity index (χ1) is 5.24. The van der Waals surface area contributed by atoms with E-state index in [9.17, 15) is 4.91 Å². The minimum Gasteiger partial charge on any atom is -0.150 e. The van der Waals surface area contributed by atoms with Crippen LogP contribution in [0.25, 0.3) is 0 Å². The molecule has 0 aliphatic rings. The highest BCUT2D eigenvalue weighted by Gasteiger charge is 1.96. The van der Waals surface area contributed by atoms with Crippen LogP contribution in [0.4, 0.5) is 0 Å². The van der Waals surface area contributed by atoms with Crippen LogP contribution < -0.4 is 0 Å². The Balaban J connectivity index is 3.01. The third-order valence-electron chi connectivity index (χ3n) is 1.74. The Morgan fingerprint density at radius 1 is 1.36 bits per heavy atom. The van der Waals surface area contributed by atoms with E-state index in [0.29, 0.717) is 0 Å². The first kappa shape index (κ1) is 7.92. The van der Waals surface area contributed by atoms with Crippen LogP contribution in [-0.2, 0) is 6.54 Å². The Hall–Kier alpha value is -1.18. The molecule has 2 heteroatoms. The third-order valence-corrected chi connectivity index (χ3v) is 1.74. The fourth-order valence-corrected chi connectivity index (χ4v) is 1.04. The molecule has 0 heterocycles. The van der Waals surface area contributed by atoms with Crippen molar-refractivity contribution < 1.29 is 0 Å². The zero-order chi connectivity index (χ0) is 8.27. The summed E-state index contributed by atoms with van der Waals surface area (Å²) in [7, 11) is 0. The summed E-state index contributed by atoms with van der Waals surface area (Å²) < 4.78 is 0. The van der Waals surface area contributed by atoms with Gasteiger partial charge in [0, 0.05) is 0 Å². The van der Waals surface area contributed by atoms with Crippen molar-refractivity contribution in [2.45, 2.75) is 20.4 Å². The van der Waals surface area contributed by atoms with Gasteiger partial charge >= 0.3 is 0 Å². The Morgan fingerprint density at radius 2 is 2.09 bits per heavy atom. The van der Waals surface area contributed by atoms with Gasteiger partial charge < -0.3 is 0 Å². The van der Waals surface area contributed by atoms with Gasteiger partial charge in [0.1, 0.15) is 6.54 Å². The van der Waals surface area contributed by atoms with Crippen LogP contribution in [0.3, 0.4) is 0 Å². The quantitative estimate of drug-likeness (QED) is 0.594. The largest absolute Gasteiger partial charge is 0.150 e. The molecule has 0 aliphatic heterocycles. The summed E-state index contributed by atoms with van der Waals surface area (Å²) in [5.74, 6) is 0. The van der Waals surface area contributed by atoms with Gasteiger partial charge in [-0.25, -0.2) is 0 Å². The van der Waals surface area contributed by atoms with Crippen molar-refractivity contribution in [2.75, 3.05) is 0 Å². The van der Waals surface area contributed by atoms with Gasteiger partial charge in [0.2, 0.25) is 0 Å². The molecule has 0 saturated heterocycles. The summed E-state index contributed by atoms with van der Waals surface area (Å²) in [6.07, 6.45) is 0. The number of nitrogens with zero attached hydrogens (tertiary/aromatic N) is 1. The fraction of sp³-hybridized carbons (Fsp3) is 0.333. The van der Waals surface area contributed by atoms with Gasteiger partial charge in [-0.15, -0.1) is 0 Å². The van der Waals surface area contributed by atoms with Crippen LogP contribution >= 0.6 is 0 Å². The normalized spacial score (nSPS) is 9.64. The van der Waals surface area contributed by atoms with Crippen LogP contribution in [0.15, 0.2) is 23.4 Å². The summed E-state index contributed by atoms with van der Waals surface area (Å²) in [6.45, 7) is 4.28. The highest BCUT2D eigenvalue weighted by Crippen LogP contribution is 2.11. The lowest BCUT2D eigenvalue weighted by Gasteiger charge is -2.01. The van der Waals surface area contributed by atoms with Crippen LogP contribution in [0.1, 0.15) is 16.7 Å². The minimum absolute atomic E-state index is 0.285. The maximum Gasteiger partial charge on any atom is 0.106 e. The van der Waals surface area contributed by atoms with Crippen molar-refractivity contribution in [1.29, 1.82) is 0 Å². The van der Waals surface area contributed by atoms with E-state index >= 15 is 0 Å². The van der Waals surface area contributed by atoms with Gasteiger partial charge in [0.05, 0.1) is 0 Å². The molecule has 0 aromatic heterocycles. The summed E-state index contributed by atoms with van der Waals surface area (Å²) in [5, 5.41) is 2.86. The Kier molecular flexibility index (Phi) is 2.36. The summed E-state index contributed by atoms with van der Waals surface area (Å²) >= 11 is 0. The molecule has 1 rings (SSSR count). The third kappa shape index (κ3) is 1.87. The maximum atomic E-state index is 9.99. The molecule has 0 saturated carbocycles. The highest BCUT2D eigenvalue weighted by molar-refractivity contribution is 5.30. The Labute approximate surface area is 66.2 Å². The Bertz CT molecular complexity index is 268. The fourth-order valence-electron chi connectivity index (χ4n) is 1.04. The molecular formula is C9H11NO. The number of benzene rings is 1. The molecule has 0 fully saturated rings.